The maximum Gasteiger partial charge on any atom is 0.315 e. The summed E-state index contributed by atoms with van der Waals surface area (Å²) in [6.07, 6.45) is -1.68. The third kappa shape index (κ3) is 8.60. The molecule has 0 radical (unpaired) electrons. The molecule has 1 aliphatic heterocycles. The van der Waals surface area contributed by atoms with E-state index >= 15 is 0 Å². The molecule has 46 heavy (non-hydrogen) atoms. The van der Waals surface area contributed by atoms with E-state index in [0.29, 0.717) is 19.6 Å². The van der Waals surface area contributed by atoms with Gasteiger partial charge in [0.05, 0.1) is 24.9 Å². The Balaban J connectivity index is 1.26. The fourth-order valence-electron chi connectivity index (χ4n) is 5.76. The van der Waals surface area contributed by atoms with Crippen molar-refractivity contribution in [1.82, 2.24) is 15.5 Å². The molecule has 2 amide bonds. The van der Waals surface area contributed by atoms with Crippen molar-refractivity contribution in [2.45, 2.75) is 64.2 Å². The number of aliphatic hydroxyl groups excluding tert-OH is 2. The van der Waals surface area contributed by atoms with Gasteiger partial charge in [-0.05, 0) is 41.8 Å². The lowest BCUT2D eigenvalue weighted by Crippen LogP contribution is -2.46. The average Bonchev–Trinajstić information content (AvgIpc) is 3.11. The third-order valence-corrected chi connectivity index (χ3v) is 8.89. The molecular formula is C38H45N3O5. The average molecular weight is 624 g/mol. The zero-order valence-electron chi connectivity index (χ0n) is 26.8. The highest BCUT2D eigenvalue weighted by Crippen LogP contribution is 2.42. The summed E-state index contributed by atoms with van der Waals surface area (Å²) in [5.41, 5.74) is 5.62. The van der Waals surface area contributed by atoms with E-state index in [4.69, 9.17) is 9.47 Å². The van der Waals surface area contributed by atoms with E-state index < -0.39 is 12.4 Å². The lowest BCUT2D eigenvalue weighted by Gasteiger charge is -2.43. The number of nitrogens with zero attached hydrogens (tertiary/aromatic N) is 1. The van der Waals surface area contributed by atoms with Crippen molar-refractivity contribution in [3.05, 3.63) is 143 Å². The van der Waals surface area contributed by atoms with Gasteiger partial charge in [0.1, 0.15) is 0 Å². The normalized spacial score (nSPS) is 21.0. The molecule has 242 valence electrons. The molecule has 0 saturated carbocycles. The van der Waals surface area contributed by atoms with Crippen molar-refractivity contribution in [2.24, 2.45) is 5.92 Å². The largest absolute Gasteiger partial charge is 0.392 e. The van der Waals surface area contributed by atoms with E-state index in [1.54, 1.807) is 0 Å². The minimum Gasteiger partial charge on any atom is -0.392 e. The van der Waals surface area contributed by atoms with Crippen LogP contribution < -0.4 is 10.6 Å². The number of aliphatic hydroxyl groups is 2. The van der Waals surface area contributed by atoms with Crippen LogP contribution >= 0.6 is 0 Å². The van der Waals surface area contributed by atoms with Crippen LogP contribution in [0.3, 0.4) is 0 Å². The summed E-state index contributed by atoms with van der Waals surface area (Å²) in [5, 5.41) is 26.5. The van der Waals surface area contributed by atoms with Gasteiger partial charge in [0.2, 0.25) is 0 Å². The molecular weight excluding hydrogens is 578 g/mol. The van der Waals surface area contributed by atoms with Gasteiger partial charge in [-0.15, -0.1) is 0 Å². The fraction of sp³-hybridized carbons (Fsp3) is 0.342. The van der Waals surface area contributed by atoms with Gasteiger partial charge in [0.15, 0.2) is 6.29 Å². The first-order valence-corrected chi connectivity index (χ1v) is 15.9. The molecule has 1 heterocycles. The van der Waals surface area contributed by atoms with Crippen LogP contribution in [0.1, 0.15) is 65.7 Å². The van der Waals surface area contributed by atoms with E-state index in [0.717, 1.165) is 33.4 Å². The predicted molar refractivity (Wildman–Crippen MR) is 178 cm³/mol. The van der Waals surface area contributed by atoms with Gasteiger partial charge >= 0.3 is 6.03 Å². The molecule has 4 N–H and O–H groups in total. The first-order valence-electron chi connectivity index (χ1n) is 15.9. The predicted octanol–water partition coefficient (Wildman–Crippen LogP) is 6.02. The second-order valence-electron chi connectivity index (χ2n) is 12.1. The molecule has 6 atom stereocenters. The van der Waals surface area contributed by atoms with E-state index in [-0.39, 0.29) is 36.8 Å². The Morgan fingerprint density at radius 3 is 1.93 bits per heavy atom. The van der Waals surface area contributed by atoms with Crippen LogP contribution in [0.15, 0.2) is 109 Å². The number of carbonyl (C=O) groups is 1. The summed E-state index contributed by atoms with van der Waals surface area (Å²) in [6, 6.07) is 34.9. The highest BCUT2D eigenvalue weighted by Gasteiger charge is 2.39. The van der Waals surface area contributed by atoms with Crippen LogP contribution in [-0.4, -0.2) is 46.9 Å². The molecule has 0 bridgehead atoms. The highest BCUT2D eigenvalue weighted by atomic mass is 16.7. The van der Waals surface area contributed by atoms with Crippen LogP contribution in [-0.2, 0) is 29.2 Å². The molecule has 1 saturated heterocycles. The van der Waals surface area contributed by atoms with E-state index in [1.807, 2.05) is 123 Å². The second kappa shape index (κ2) is 16.0. The standard InChI is InChI=1S/C38H45N3O5/c1-26-34(24-41(3)27(2)35(43)31-12-8-5-9-13-31)45-37(46-36(26)32-18-16-30(25-42)17-19-32)33-20-14-29(15-21-33)23-40-38(44)39-22-28-10-6-4-7-11-28/h4-21,26-27,34-37,42-43H,22-25H2,1-3H3,(H2,39,40,44)/t26-,27+,34+,35+,36+,37+/m0/s1. The van der Waals surface area contributed by atoms with Crippen molar-refractivity contribution in [3.8, 4) is 0 Å². The zero-order valence-corrected chi connectivity index (χ0v) is 26.8. The Labute approximate surface area is 272 Å². The van der Waals surface area contributed by atoms with Crippen molar-refractivity contribution in [1.29, 1.82) is 0 Å². The number of amides is 2. The first-order chi connectivity index (χ1) is 22.3. The van der Waals surface area contributed by atoms with Crippen molar-refractivity contribution >= 4 is 6.03 Å². The zero-order chi connectivity index (χ0) is 32.5. The van der Waals surface area contributed by atoms with Gasteiger partial charge < -0.3 is 30.3 Å². The quantitative estimate of drug-likeness (QED) is 0.154. The maximum absolute atomic E-state index is 12.3. The topological polar surface area (TPSA) is 103 Å². The summed E-state index contributed by atoms with van der Waals surface area (Å²) >= 11 is 0. The highest BCUT2D eigenvalue weighted by molar-refractivity contribution is 5.73. The Kier molecular flexibility index (Phi) is 11.6. The Morgan fingerprint density at radius 1 is 0.783 bits per heavy atom. The minimum absolute atomic E-state index is 0.0117. The summed E-state index contributed by atoms with van der Waals surface area (Å²) in [5.74, 6) is 0.0117. The SMILES string of the molecule is C[C@H]1[C@@H](CN(C)[C@H](C)[C@@H](O)c2ccccc2)O[C@@H](c2ccc(CNC(=O)NCc3ccccc3)cc2)O[C@H]1c1ccc(CO)cc1. The van der Waals surface area contributed by atoms with Crippen LogP contribution in [0.4, 0.5) is 4.79 Å². The van der Waals surface area contributed by atoms with Crippen LogP contribution in [0.2, 0.25) is 0 Å². The number of hydrogen-bond donors (Lipinski definition) is 4. The molecule has 1 fully saturated rings. The maximum atomic E-state index is 12.3. The van der Waals surface area contributed by atoms with Gasteiger partial charge in [0, 0.05) is 37.2 Å². The second-order valence-corrected chi connectivity index (χ2v) is 12.1. The lowest BCUT2D eigenvalue weighted by molar-refractivity contribution is -0.276. The third-order valence-electron chi connectivity index (χ3n) is 8.89. The molecule has 8 nitrogen and oxygen atoms in total. The fourth-order valence-corrected chi connectivity index (χ4v) is 5.76. The molecule has 8 heteroatoms. The van der Waals surface area contributed by atoms with E-state index in [2.05, 4.69) is 22.5 Å². The number of rotatable bonds is 12. The number of likely N-dealkylation sites (N-methyl/N-ethyl adjacent to an activating group) is 1. The number of urea groups is 1. The summed E-state index contributed by atoms with van der Waals surface area (Å²) in [7, 11) is 2.01. The summed E-state index contributed by atoms with van der Waals surface area (Å²) < 4.78 is 13.2. The Hall–Kier alpha value is -4.05. The summed E-state index contributed by atoms with van der Waals surface area (Å²) in [6.45, 7) is 5.59. The van der Waals surface area contributed by atoms with Crippen molar-refractivity contribution in [3.63, 3.8) is 0 Å². The van der Waals surface area contributed by atoms with Crippen molar-refractivity contribution in [2.75, 3.05) is 13.6 Å². The molecule has 5 rings (SSSR count). The van der Waals surface area contributed by atoms with Crippen molar-refractivity contribution < 1.29 is 24.5 Å². The van der Waals surface area contributed by atoms with Crippen LogP contribution in [0.25, 0.3) is 0 Å². The van der Waals surface area contributed by atoms with Gasteiger partial charge in [0.25, 0.3) is 0 Å². The summed E-state index contributed by atoms with van der Waals surface area (Å²) in [4.78, 5) is 14.5. The Bertz CT molecular complexity index is 1500. The molecule has 0 aliphatic carbocycles. The molecule has 4 aromatic carbocycles. The van der Waals surface area contributed by atoms with Crippen LogP contribution in [0, 0.1) is 5.92 Å². The monoisotopic (exact) mass is 623 g/mol. The number of ether oxygens (including phenoxy) is 2. The van der Waals surface area contributed by atoms with E-state index in [9.17, 15) is 15.0 Å². The lowest BCUT2D eigenvalue weighted by atomic mass is 9.89. The van der Waals surface area contributed by atoms with Gasteiger partial charge in [-0.1, -0.05) is 116 Å². The van der Waals surface area contributed by atoms with Gasteiger partial charge in [-0.3, -0.25) is 4.90 Å². The molecule has 1 aliphatic rings. The van der Waals surface area contributed by atoms with E-state index in [1.165, 1.54) is 0 Å². The Morgan fingerprint density at radius 2 is 1.33 bits per heavy atom. The number of hydrogen-bond acceptors (Lipinski definition) is 6. The smallest absolute Gasteiger partial charge is 0.315 e. The number of benzene rings is 4. The number of nitrogens with one attached hydrogen (secondary N) is 2. The molecule has 0 aromatic heterocycles. The molecule has 0 unspecified atom stereocenters. The minimum atomic E-state index is -0.638. The van der Waals surface area contributed by atoms with Crippen LogP contribution in [0.5, 0.6) is 0 Å². The van der Waals surface area contributed by atoms with Gasteiger partial charge in [-0.2, -0.15) is 0 Å². The molecule has 4 aromatic rings. The van der Waals surface area contributed by atoms with Gasteiger partial charge in [-0.25, -0.2) is 4.79 Å². The molecule has 0 spiro atoms. The number of carbonyl (C=O) groups excluding carboxylic acids is 1. The first kappa shape index (κ1) is 33.3.